The number of hydrogen-bond acceptors (Lipinski definition) is 3. The first-order chi connectivity index (χ1) is 14.3. The molecule has 5 nitrogen and oxygen atoms in total. The average Bonchev–Trinajstić information content (AvgIpc) is 2.72. The Morgan fingerprint density at radius 3 is 2.27 bits per heavy atom. The molecule has 1 N–H and O–H groups in total. The molecule has 30 heavy (non-hydrogen) atoms. The summed E-state index contributed by atoms with van der Waals surface area (Å²) in [6.07, 6.45) is 0.484. The van der Waals surface area contributed by atoms with Crippen LogP contribution in [0.25, 0.3) is 0 Å². The van der Waals surface area contributed by atoms with Crippen molar-refractivity contribution >= 4 is 11.8 Å². The molecule has 0 fully saturated rings. The second-order valence-corrected chi connectivity index (χ2v) is 7.81. The first-order valence-electron chi connectivity index (χ1n) is 10.3. The lowest BCUT2D eigenvalue weighted by atomic mass is 10.1. The van der Waals surface area contributed by atoms with Gasteiger partial charge in [-0.3, -0.25) is 9.59 Å². The van der Waals surface area contributed by atoms with E-state index < -0.39 is 6.04 Å². The number of ether oxygens (including phenoxy) is 1. The Kier molecular flexibility index (Phi) is 8.84. The van der Waals surface area contributed by atoms with Gasteiger partial charge in [0.25, 0.3) is 5.91 Å². The maximum Gasteiger partial charge on any atom is 0.261 e. The highest BCUT2D eigenvalue weighted by Crippen LogP contribution is 2.15. The van der Waals surface area contributed by atoms with Gasteiger partial charge >= 0.3 is 0 Å². The second kappa shape index (κ2) is 11.3. The van der Waals surface area contributed by atoms with Crippen LogP contribution in [0.3, 0.4) is 0 Å². The monoisotopic (exact) mass is 414 g/mol. The van der Waals surface area contributed by atoms with E-state index in [-0.39, 0.29) is 24.2 Å². The molecule has 0 radical (unpaired) electrons. The van der Waals surface area contributed by atoms with Gasteiger partial charge in [0.1, 0.15) is 17.6 Å². The molecular weight excluding hydrogens is 383 g/mol. The van der Waals surface area contributed by atoms with E-state index in [9.17, 15) is 14.0 Å². The molecule has 2 amide bonds. The van der Waals surface area contributed by atoms with Crippen molar-refractivity contribution < 1.29 is 18.7 Å². The van der Waals surface area contributed by atoms with Crippen LogP contribution in [0.4, 0.5) is 4.39 Å². The minimum atomic E-state index is -0.602. The lowest BCUT2D eigenvalue weighted by Crippen LogP contribution is -2.50. The Labute approximate surface area is 178 Å². The van der Waals surface area contributed by atoms with Crippen LogP contribution in [0.15, 0.2) is 48.5 Å². The number of amides is 2. The number of nitrogens with zero attached hydrogens (tertiary/aromatic N) is 1. The van der Waals surface area contributed by atoms with Crippen molar-refractivity contribution in [3.8, 4) is 5.75 Å². The Bertz CT molecular complexity index is 819. The summed E-state index contributed by atoms with van der Waals surface area (Å²) in [5.74, 6) is -0.130. The van der Waals surface area contributed by atoms with Gasteiger partial charge in [-0.15, -0.1) is 0 Å². The number of rotatable bonds is 10. The van der Waals surface area contributed by atoms with Crippen LogP contribution in [-0.4, -0.2) is 35.9 Å². The van der Waals surface area contributed by atoms with E-state index in [1.165, 1.54) is 24.3 Å². The summed E-state index contributed by atoms with van der Waals surface area (Å²) in [5, 5.41) is 2.93. The van der Waals surface area contributed by atoms with Crippen molar-refractivity contribution in [2.75, 3.05) is 13.2 Å². The normalized spacial score (nSPS) is 11.8. The Balaban J connectivity index is 2.17. The zero-order chi connectivity index (χ0) is 22.1. The molecule has 0 saturated carbocycles. The molecule has 0 heterocycles. The Hall–Kier alpha value is -2.89. The van der Waals surface area contributed by atoms with Gasteiger partial charge in [0.15, 0.2) is 6.61 Å². The molecule has 0 aliphatic heterocycles. The molecule has 2 rings (SSSR count). The van der Waals surface area contributed by atoms with E-state index in [1.807, 2.05) is 52.0 Å². The van der Waals surface area contributed by atoms with Gasteiger partial charge < -0.3 is 15.0 Å². The largest absolute Gasteiger partial charge is 0.484 e. The van der Waals surface area contributed by atoms with Crippen LogP contribution >= 0.6 is 0 Å². The fourth-order valence-corrected chi connectivity index (χ4v) is 2.99. The predicted octanol–water partition coefficient (Wildman–Crippen LogP) is 4.09. The van der Waals surface area contributed by atoms with E-state index in [2.05, 4.69) is 5.32 Å². The number of carbonyl (C=O) groups is 2. The fourth-order valence-electron chi connectivity index (χ4n) is 2.99. The molecule has 162 valence electrons. The van der Waals surface area contributed by atoms with Crippen LogP contribution in [0.2, 0.25) is 0 Å². The van der Waals surface area contributed by atoms with Crippen molar-refractivity contribution in [2.24, 2.45) is 5.92 Å². The SMILES string of the molecule is CC[C@H](C(=O)NCC(C)C)N(Cc1ccc(C)cc1)C(=O)COc1ccc(F)cc1. The zero-order valence-corrected chi connectivity index (χ0v) is 18.2. The van der Waals surface area contributed by atoms with Crippen LogP contribution in [0.1, 0.15) is 38.3 Å². The van der Waals surface area contributed by atoms with Crippen LogP contribution < -0.4 is 10.1 Å². The second-order valence-electron chi connectivity index (χ2n) is 7.81. The minimum absolute atomic E-state index is 0.173. The summed E-state index contributed by atoms with van der Waals surface area (Å²) < 4.78 is 18.6. The van der Waals surface area contributed by atoms with E-state index in [1.54, 1.807) is 4.90 Å². The Morgan fingerprint density at radius 1 is 1.07 bits per heavy atom. The number of benzene rings is 2. The van der Waals surface area contributed by atoms with E-state index in [0.29, 0.717) is 31.2 Å². The quantitative estimate of drug-likeness (QED) is 0.637. The van der Waals surface area contributed by atoms with E-state index in [0.717, 1.165) is 11.1 Å². The third kappa shape index (κ3) is 7.17. The highest BCUT2D eigenvalue weighted by molar-refractivity contribution is 5.88. The molecule has 1 atom stereocenters. The third-order valence-electron chi connectivity index (χ3n) is 4.72. The van der Waals surface area contributed by atoms with Crippen molar-refractivity contribution in [1.29, 1.82) is 0 Å². The summed E-state index contributed by atoms with van der Waals surface area (Å²) >= 11 is 0. The minimum Gasteiger partial charge on any atom is -0.484 e. The molecule has 6 heteroatoms. The number of hydrogen-bond donors (Lipinski definition) is 1. The summed E-state index contributed by atoms with van der Waals surface area (Å²) in [6, 6.07) is 12.8. The van der Waals surface area contributed by atoms with Crippen molar-refractivity contribution in [3.05, 3.63) is 65.5 Å². The molecule has 2 aromatic rings. The molecular formula is C24H31FN2O3. The molecule has 2 aromatic carbocycles. The van der Waals surface area contributed by atoms with E-state index >= 15 is 0 Å². The van der Waals surface area contributed by atoms with Crippen molar-refractivity contribution in [1.82, 2.24) is 10.2 Å². The van der Waals surface area contributed by atoms with Crippen LogP contribution in [0.5, 0.6) is 5.75 Å². The fraction of sp³-hybridized carbons (Fsp3) is 0.417. The number of aryl methyl sites for hydroxylation is 1. The number of halogens is 1. The molecule has 0 saturated heterocycles. The smallest absolute Gasteiger partial charge is 0.261 e. The first kappa shape index (κ1) is 23.4. The average molecular weight is 415 g/mol. The zero-order valence-electron chi connectivity index (χ0n) is 18.2. The van der Waals surface area contributed by atoms with Gasteiger partial charge in [0.05, 0.1) is 0 Å². The maximum atomic E-state index is 13.1. The van der Waals surface area contributed by atoms with Crippen LogP contribution in [-0.2, 0) is 16.1 Å². The summed E-state index contributed by atoms with van der Waals surface area (Å²) in [4.78, 5) is 27.4. The van der Waals surface area contributed by atoms with Gasteiger partial charge in [0, 0.05) is 13.1 Å². The predicted molar refractivity (Wildman–Crippen MR) is 116 cm³/mol. The van der Waals surface area contributed by atoms with Crippen molar-refractivity contribution in [3.63, 3.8) is 0 Å². The maximum absolute atomic E-state index is 13.1. The van der Waals surface area contributed by atoms with Crippen LogP contribution in [0, 0.1) is 18.7 Å². The molecule has 0 bridgehead atoms. The Morgan fingerprint density at radius 2 is 1.70 bits per heavy atom. The summed E-state index contributed by atoms with van der Waals surface area (Å²) in [6.45, 7) is 8.55. The number of nitrogens with one attached hydrogen (secondary N) is 1. The third-order valence-corrected chi connectivity index (χ3v) is 4.72. The van der Waals surface area contributed by atoms with Gasteiger partial charge in [-0.25, -0.2) is 4.39 Å². The highest BCUT2D eigenvalue weighted by atomic mass is 19.1. The van der Waals surface area contributed by atoms with Gasteiger partial charge in [0.2, 0.25) is 5.91 Å². The van der Waals surface area contributed by atoms with E-state index in [4.69, 9.17) is 4.74 Å². The highest BCUT2D eigenvalue weighted by Gasteiger charge is 2.29. The lowest BCUT2D eigenvalue weighted by Gasteiger charge is -2.31. The first-order valence-corrected chi connectivity index (χ1v) is 10.3. The molecule has 0 aromatic heterocycles. The van der Waals surface area contributed by atoms with Crippen molar-refractivity contribution in [2.45, 2.75) is 46.7 Å². The number of carbonyl (C=O) groups excluding carboxylic acids is 2. The molecule has 0 aliphatic rings. The van der Waals surface area contributed by atoms with Gasteiger partial charge in [-0.05, 0) is 49.1 Å². The van der Waals surface area contributed by atoms with Gasteiger partial charge in [-0.2, -0.15) is 0 Å². The molecule has 0 spiro atoms. The lowest BCUT2D eigenvalue weighted by molar-refractivity contribution is -0.143. The van der Waals surface area contributed by atoms with Gasteiger partial charge in [-0.1, -0.05) is 50.6 Å². The molecule has 0 aliphatic carbocycles. The molecule has 0 unspecified atom stereocenters. The topological polar surface area (TPSA) is 58.6 Å². The standard InChI is InChI=1S/C24H31FN2O3/c1-5-22(24(29)26-14-17(2)3)27(15-19-8-6-18(4)7-9-19)23(28)16-30-21-12-10-20(25)11-13-21/h6-13,17,22H,5,14-16H2,1-4H3,(H,26,29)/t22-/m1/s1. The summed E-state index contributed by atoms with van der Waals surface area (Å²) in [7, 11) is 0. The summed E-state index contributed by atoms with van der Waals surface area (Å²) in [5.41, 5.74) is 2.06.